The first-order chi connectivity index (χ1) is 9.22. The van der Waals surface area contributed by atoms with E-state index >= 15 is 0 Å². The van der Waals surface area contributed by atoms with Crippen molar-refractivity contribution in [3.05, 3.63) is 33.3 Å². The van der Waals surface area contributed by atoms with E-state index in [9.17, 15) is 0 Å². The molecule has 1 aromatic carbocycles. The highest BCUT2D eigenvalue weighted by molar-refractivity contribution is 9.10. The quantitative estimate of drug-likeness (QED) is 0.858. The highest BCUT2D eigenvalue weighted by Gasteiger charge is 2.22. The van der Waals surface area contributed by atoms with Crippen molar-refractivity contribution in [2.24, 2.45) is 0 Å². The lowest BCUT2D eigenvalue weighted by Crippen LogP contribution is -2.45. The largest absolute Gasteiger partial charge is 0.314 e. The lowest BCUT2D eigenvalue weighted by atomic mass is 9.99. The molecule has 1 heterocycles. The van der Waals surface area contributed by atoms with Crippen LogP contribution in [-0.4, -0.2) is 31.1 Å². The maximum Gasteiger partial charge on any atom is 0.0548 e. The molecule has 1 fully saturated rings. The Hall–Kier alpha value is -0.0900. The predicted molar refractivity (Wildman–Crippen MR) is 85.9 cm³/mol. The Morgan fingerprint density at radius 3 is 2.74 bits per heavy atom. The van der Waals surface area contributed by atoms with E-state index in [0.29, 0.717) is 6.04 Å². The van der Waals surface area contributed by atoms with Gasteiger partial charge in [-0.1, -0.05) is 37.4 Å². The summed E-state index contributed by atoms with van der Waals surface area (Å²) in [7, 11) is 0. The first-order valence-corrected chi connectivity index (χ1v) is 8.29. The first-order valence-electron chi connectivity index (χ1n) is 7.12. The molecule has 0 unspecified atom stereocenters. The minimum atomic E-state index is 0.524. The third-order valence-electron chi connectivity index (χ3n) is 3.75. The average molecular weight is 346 g/mol. The molecule has 1 aliphatic rings. The van der Waals surface area contributed by atoms with Gasteiger partial charge in [0.05, 0.1) is 5.02 Å². The van der Waals surface area contributed by atoms with Crippen LogP contribution in [0.25, 0.3) is 0 Å². The van der Waals surface area contributed by atoms with Gasteiger partial charge in [-0.2, -0.15) is 0 Å². The van der Waals surface area contributed by atoms with Gasteiger partial charge in [-0.25, -0.2) is 0 Å². The van der Waals surface area contributed by atoms with E-state index in [1.165, 1.54) is 24.8 Å². The van der Waals surface area contributed by atoms with E-state index in [4.69, 9.17) is 11.6 Å². The fourth-order valence-electron chi connectivity index (χ4n) is 2.67. The highest BCUT2D eigenvalue weighted by atomic mass is 79.9. The second kappa shape index (κ2) is 7.63. The monoisotopic (exact) mass is 344 g/mol. The zero-order valence-electron chi connectivity index (χ0n) is 11.5. The normalized spacial score (nSPS) is 18.5. The lowest BCUT2D eigenvalue weighted by Gasteiger charge is -2.35. The summed E-state index contributed by atoms with van der Waals surface area (Å²) in [6, 6.07) is 6.89. The molecular formula is C15H22BrClN2. The summed E-state index contributed by atoms with van der Waals surface area (Å²) in [5, 5.41) is 4.22. The van der Waals surface area contributed by atoms with Gasteiger partial charge in [-0.05, 0) is 40.0 Å². The van der Waals surface area contributed by atoms with Crippen molar-refractivity contribution in [3.8, 4) is 0 Å². The van der Waals surface area contributed by atoms with E-state index in [-0.39, 0.29) is 0 Å². The average Bonchev–Trinajstić information content (AvgIpc) is 2.44. The molecule has 0 spiro atoms. The second-order valence-corrected chi connectivity index (χ2v) is 6.38. The van der Waals surface area contributed by atoms with E-state index in [2.05, 4.69) is 45.2 Å². The van der Waals surface area contributed by atoms with E-state index in [1.807, 2.05) is 6.07 Å². The summed E-state index contributed by atoms with van der Waals surface area (Å²) in [6.45, 7) is 6.71. The maximum atomic E-state index is 6.10. The van der Waals surface area contributed by atoms with Crippen LogP contribution in [0, 0.1) is 0 Å². The predicted octanol–water partition coefficient (Wildman–Crippen LogP) is 4.24. The Bertz CT molecular complexity index is 405. The third-order valence-corrected chi connectivity index (χ3v) is 4.97. The first kappa shape index (κ1) is 15.3. The van der Waals surface area contributed by atoms with Crippen molar-refractivity contribution < 1.29 is 0 Å². The van der Waals surface area contributed by atoms with Crippen molar-refractivity contribution in [1.82, 2.24) is 10.2 Å². The Kier molecular flexibility index (Phi) is 6.14. The number of hydrogen-bond acceptors (Lipinski definition) is 2. The zero-order chi connectivity index (χ0) is 13.7. The Balaban J connectivity index is 2.17. The van der Waals surface area contributed by atoms with Gasteiger partial charge in [0.2, 0.25) is 0 Å². The zero-order valence-corrected chi connectivity index (χ0v) is 13.8. The van der Waals surface area contributed by atoms with Gasteiger partial charge < -0.3 is 5.32 Å². The van der Waals surface area contributed by atoms with Crippen LogP contribution < -0.4 is 5.32 Å². The van der Waals surface area contributed by atoms with Crippen molar-refractivity contribution in [2.75, 3.05) is 26.2 Å². The van der Waals surface area contributed by atoms with Crippen molar-refractivity contribution in [1.29, 1.82) is 0 Å². The molecule has 0 radical (unpaired) electrons. The molecule has 0 bridgehead atoms. The Morgan fingerprint density at radius 2 is 2.11 bits per heavy atom. The molecule has 2 nitrogen and oxygen atoms in total. The van der Waals surface area contributed by atoms with Crippen LogP contribution in [-0.2, 0) is 0 Å². The standard InChI is InChI=1S/C15H22BrClN2/c1-2-3-4-15(19-9-7-18-8-10-19)12-5-6-14(17)13(16)11-12/h5-6,11,15,18H,2-4,7-10H2,1H3/t15-/m1/s1. The SMILES string of the molecule is CCCC[C@H](c1ccc(Cl)c(Br)c1)N1CCNCC1. The van der Waals surface area contributed by atoms with Crippen LogP contribution >= 0.6 is 27.5 Å². The van der Waals surface area contributed by atoms with Crippen LogP contribution in [0.5, 0.6) is 0 Å². The summed E-state index contributed by atoms with van der Waals surface area (Å²) in [5.41, 5.74) is 1.38. The minimum absolute atomic E-state index is 0.524. The fourth-order valence-corrected chi connectivity index (χ4v) is 3.19. The molecule has 0 saturated carbocycles. The molecule has 1 saturated heterocycles. The molecule has 1 aliphatic heterocycles. The summed E-state index contributed by atoms with van der Waals surface area (Å²) in [4.78, 5) is 2.60. The minimum Gasteiger partial charge on any atom is -0.314 e. The Labute approximate surface area is 129 Å². The van der Waals surface area contributed by atoms with Gasteiger partial charge in [0, 0.05) is 36.7 Å². The Morgan fingerprint density at radius 1 is 1.37 bits per heavy atom. The van der Waals surface area contributed by atoms with Crippen molar-refractivity contribution in [2.45, 2.75) is 32.2 Å². The van der Waals surface area contributed by atoms with Gasteiger partial charge in [-0.15, -0.1) is 0 Å². The van der Waals surface area contributed by atoms with Gasteiger partial charge in [-0.3, -0.25) is 4.90 Å². The van der Waals surface area contributed by atoms with Gasteiger partial charge in [0.25, 0.3) is 0 Å². The number of nitrogens with one attached hydrogen (secondary N) is 1. The van der Waals surface area contributed by atoms with E-state index in [1.54, 1.807) is 0 Å². The molecule has 19 heavy (non-hydrogen) atoms. The summed E-state index contributed by atoms with van der Waals surface area (Å²) >= 11 is 9.65. The molecule has 1 N–H and O–H groups in total. The van der Waals surface area contributed by atoms with Gasteiger partial charge in [0.1, 0.15) is 0 Å². The van der Waals surface area contributed by atoms with Crippen LogP contribution in [0.15, 0.2) is 22.7 Å². The summed E-state index contributed by atoms with van der Waals surface area (Å²) < 4.78 is 1.00. The number of rotatable bonds is 5. The molecule has 106 valence electrons. The van der Waals surface area contributed by atoms with Crippen LogP contribution in [0.1, 0.15) is 37.8 Å². The third kappa shape index (κ3) is 4.19. The fraction of sp³-hybridized carbons (Fsp3) is 0.600. The van der Waals surface area contributed by atoms with Crippen LogP contribution in [0.3, 0.4) is 0 Å². The highest BCUT2D eigenvalue weighted by Crippen LogP contribution is 2.31. The van der Waals surface area contributed by atoms with E-state index < -0.39 is 0 Å². The molecule has 4 heteroatoms. The van der Waals surface area contributed by atoms with Gasteiger partial charge in [0.15, 0.2) is 0 Å². The topological polar surface area (TPSA) is 15.3 Å². The molecular weight excluding hydrogens is 324 g/mol. The van der Waals surface area contributed by atoms with E-state index in [0.717, 1.165) is 35.7 Å². The number of halogens is 2. The molecule has 2 rings (SSSR count). The molecule has 0 aromatic heterocycles. The van der Waals surface area contributed by atoms with Crippen LogP contribution in [0.2, 0.25) is 5.02 Å². The second-order valence-electron chi connectivity index (χ2n) is 5.12. The molecule has 1 atom stereocenters. The molecule has 0 amide bonds. The number of nitrogens with zero attached hydrogens (tertiary/aromatic N) is 1. The molecule has 0 aliphatic carbocycles. The van der Waals surface area contributed by atoms with Crippen molar-refractivity contribution >= 4 is 27.5 Å². The van der Waals surface area contributed by atoms with Crippen LogP contribution in [0.4, 0.5) is 0 Å². The maximum absolute atomic E-state index is 6.10. The number of piperazine rings is 1. The van der Waals surface area contributed by atoms with Crippen molar-refractivity contribution in [3.63, 3.8) is 0 Å². The number of unbranched alkanes of at least 4 members (excludes halogenated alkanes) is 1. The lowest BCUT2D eigenvalue weighted by molar-refractivity contribution is 0.163. The smallest absolute Gasteiger partial charge is 0.0548 e. The summed E-state index contributed by atoms with van der Waals surface area (Å²) in [6.07, 6.45) is 3.75. The summed E-state index contributed by atoms with van der Waals surface area (Å²) in [5.74, 6) is 0. The number of benzene rings is 1. The molecule has 1 aromatic rings. The van der Waals surface area contributed by atoms with Gasteiger partial charge >= 0.3 is 0 Å². The number of hydrogen-bond donors (Lipinski definition) is 1.